The van der Waals surface area contributed by atoms with Crippen LogP contribution < -0.4 is 11.1 Å². The Bertz CT molecular complexity index is 488. The van der Waals surface area contributed by atoms with Crippen molar-refractivity contribution in [2.45, 2.75) is 13.0 Å². The number of rotatable bonds is 5. The van der Waals surface area contributed by atoms with Gasteiger partial charge < -0.3 is 15.6 Å². The van der Waals surface area contributed by atoms with Crippen LogP contribution in [0.1, 0.15) is 6.42 Å². The van der Waals surface area contributed by atoms with Gasteiger partial charge in [-0.3, -0.25) is 0 Å². The lowest BCUT2D eigenvalue weighted by atomic mass is 10.2. The van der Waals surface area contributed by atoms with E-state index in [1.807, 2.05) is 10.8 Å². The maximum Gasteiger partial charge on any atom is 0.151 e. The summed E-state index contributed by atoms with van der Waals surface area (Å²) in [5, 5.41) is 2.73. The highest BCUT2D eigenvalue weighted by molar-refractivity contribution is 5.53. The summed E-state index contributed by atoms with van der Waals surface area (Å²) in [4.78, 5) is 3.91. The third-order valence-electron chi connectivity index (χ3n) is 2.52. The maximum absolute atomic E-state index is 13.4. The van der Waals surface area contributed by atoms with E-state index in [9.17, 15) is 8.78 Å². The van der Waals surface area contributed by atoms with Crippen LogP contribution >= 0.6 is 0 Å². The van der Waals surface area contributed by atoms with E-state index in [1.165, 1.54) is 0 Å². The minimum Gasteiger partial charge on any atom is -0.399 e. The fraction of sp³-hybridized carbons (Fsp3) is 0.250. The van der Waals surface area contributed by atoms with Crippen LogP contribution in [0.5, 0.6) is 0 Å². The predicted molar refractivity (Wildman–Crippen MR) is 66.1 cm³/mol. The second kappa shape index (κ2) is 5.48. The molecule has 1 heterocycles. The van der Waals surface area contributed by atoms with Crippen LogP contribution in [0.3, 0.4) is 0 Å². The van der Waals surface area contributed by atoms with Crippen molar-refractivity contribution < 1.29 is 8.78 Å². The van der Waals surface area contributed by atoms with Gasteiger partial charge in [-0.2, -0.15) is 0 Å². The number of nitrogens with one attached hydrogen (secondary N) is 1. The Morgan fingerprint density at radius 2 is 2.00 bits per heavy atom. The lowest BCUT2D eigenvalue weighted by molar-refractivity contribution is 0.586. The topological polar surface area (TPSA) is 55.9 Å². The predicted octanol–water partition coefficient (Wildman–Crippen LogP) is 2.25. The zero-order chi connectivity index (χ0) is 13.0. The van der Waals surface area contributed by atoms with Gasteiger partial charge in [-0.05, 0) is 18.6 Å². The molecule has 0 fully saturated rings. The van der Waals surface area contributed by atoms with Crippen molar-refractivity contribution in [3.63, 3.8) is 0 Å². The number of hydrogen-bond acceptors (Lipinski definition) is 3. The van der Waals surface area contributed by atoms with Crippen molar-refractivity contribution in [3.05, 3.63) is 42.5 Å². The molecule has 0 amide bonds. The molecule has 0 aliphatic carbocycles. The first-order valence-electron chi connectivity index (χ1n) is 5.61. The normalized spacial score (nSPS) is 10.6. The summed E-state index contributed by atoms with van der Waals surface area (Å²) in [6.45, 7) is 1.21. The molecule has 1 aromatic carbocycles. The first kappa shape index (κ1) is 12.3. The smallest absolute Gasteiger partial charge is 0.151 e. The summed E-state index contributed by atoms with van der Waals surface area (Å²) >= 11 is 0. The molecular weight excluding hydrogens is 238 g/mol. The average molecular weight is 252 g/mol. The van der Waals surface area contributed by atoms with Crippen molar-refractivity contribution in [1.29, 1.82) is 0 Å². The molecule has 0 saturated carbocycles. The number of aryl methyl sites for hydroxylation is 1. The molecule has 0 radical (unpaired) electrons. The quantitative estimate of drug-likeness (QED) is 0.634. The van der Waals surface area contributed by atoms with Crippen LogP contribution in [0.15, 0.2) is 30.9 Å². The van der Waals surface area contributed by atoms with E-state index < -0.39 is 11.6 Å². The molecule has 6 heteroatoms. The number of nitrogen functional groups attached to an aromatic ring is 1. The Morgan fingerprint density at radius 3 is 2.61 bits per heavy atom. The molecule has 0 saturated heterocycles. The highest BCUT2D eigenvalue weighted by atomic mass is 19.1. The molecule has 2 rings (SSSR count). The van der Waals surface area contributed by atoms with Crippen LogP contribution in [-0.4, -0.2) is 16.1 Å². The lowest BCUT2D eigenvalue weighted by Crippen LogP contribution is -2.09. The van der Waals surface area contributed by atoms with E-state index in [0.29, 0.717) is 6.54 Å². The second-order valence-corrected chi connectivity index (χ2v) is 3.94. The Kier molecular flexibility index (Phi) is 3.76. The van der Waals surface area contributed by atoms with Crippen molar-refractivity contribution >= 4 is 11.4 Å². The highest BCUT2D eigenvalue weighted by Gasteiger charge is 2.09. The van der Waals surface area contributed by atoms with Gasteiger partial charge in [0.2, 0.25) is 0 Å². The van der Waals surface area contributed by atoms with E-state index in [0.717, 1.165) is 25.1 Å². The van der Waals surface area contributed by atoms with E-state index in [1.54, 1.807) is 12.5 Å². The molecule has 0 spiro atoms. The number of nitrogens with two attached hydrogens (primary N) is 1. The number of imidazole rings is 1. The molecule has 0 bridgehead atoms. The van der Waals surface area contributed by atoms with E-state index >= 15 is 0 Å². The maximum atomic E-state index is 13.4. The van der Waals surface area contributed by atoms with E-state index in [-0.39, 0.29) is 11.4 Å². The average Bonchev–Trinajstić information content (AvgIpc) is 2.79. The lowest BCUT2D eigenvalue weighted by Gasteiger charge is -2.09. The minimum absolute atomic E-state index is 0.0777. The van der Waals surface area contributed by atoms with Gasteiger partial charge in [0.1, 0.15) is 5.69 Å². The largest absolute Gasteiger partial charge is 0.399 e. The summed E-state index contributed by atoms with van der Waals surface area (Å²) in [6.07, 6.45) is 5.96. The fourth-order valence-corrected chi connectivity index (χ4v) is 1.66. The van der Waals surface area contributed by atoms with Crippen molar-refractivity contribution in [2.24, 2.45) is 0 Å². The fourth-order valence-electron chi connectivity index (χ4n) is 1.66. The van der Waals surface area contributed by atoms with Gasteiger partial charge in [-0.15, -0.1) is 0 Å². The summed E-state index contributed by atoms with van der Waals surface area (Å²) in [5.41, 5.74) is 5.28. The number of nitrogens with zero attached hydrogens (tertiary/aromatic N) is 2. The van der Waals surface area contributed by atoms with Crippen LogP contribution in [0.2, 0.25) is 0 Å². The van der Waals surface area contributed by atoms with E-state index in [2.05, 4.69) is 10.3 Å². The van der Waals surface area contributed by atoms with Gasteiger partial charge in [-0.1, -0.05) is 0 Å². The number of anilines is 2. The molecule has 18 heavy (non-hydrogen) atoms. The van der Waals surface area contributed by atoms with Crippen molar-refractivity contribution in [3.8, 4) is 0 Å². The third kappa shape index (κ3) is 2.97. The summed E-state index contributed by atoms with van der Waals surface area (Å²) < 4.78 is 28.7. The van der Waals surface area contributed by atoms with Crippen LogP contribution in [0.25, 0.3) is 0 Å². The second-order valence-electron chi connectivity index (χ2n) is 3.94. The Morgan fingerprint density at radius 1 is 1.28 bits per heavy atom. The number of hydrogen-bond donors (Lipinski definition) is 2. The molecule has 0 atom stereocenters. The van der Waals surface area contributed by atoms with Gasteiger partial charge >= 0.3 is 0 Å². The van der Waals surface area contributed by atoms with Gasteiger partial charge in [-0.25, -0.2) is 13.8 Å². The molecule has 2 aromatic rings. The number of aromatic nitrogens is 2. The zero-order valence-corrected chi connectivity index (χ0v) is 9.74. The number of benzene rings is 1. The summed E-state index contributed by atoms with van der Waals surface area (Å²) in [6, 6.07) is 2.20. The Hall–Kier alpha value is -2.11. The Labute approximate surface area is 103 Å². The molecule has 0 unspecified atom stereocenters. The standard InChI is InChI=1S/C12H14F2N4/c13-10-6-9(15)7-11(14)12(10)17-2-1-4-18-5-3-16-8-18/h3,5-8,17H,1-2,4,15H2. The number of halogens is 2. The van der Waals surface area contributed by atoms with Crippen LogP contribution in [0.4, 0.5) is 20.2 Å². The van der Waals surface area contributed by atoms with Crippen LogP contribution in [0, 0.1) is 11.6 Å². The molecule has 96 valence electrons. The first-order valence-corrected chi connectivity index (χ1v) is 5.61. The van der Waals surface area contributed by atoms with Gasteiger partial charge in [0.05, 0.1) is 6.33 Å². The third-order valence-corrected chi connectivity index (χ3v) is 2.52. The molecular formula is C12H14F2N4. The van der Waals surface area contributed by atoms with Crippen molar-refractivity contribution in [1.82, 2.24) is 9.55 Å². The first-order chi connectivity index (χ1) is 8.66. The SMILES string of the molecule is Nc1cc(F)c(NCCCn2ccnc2)c(F)c1. The molecule has 3 N–H and O–H groups in total. The molecule has 1 aromatic heterocycles. The summed E-state index contributed by atoms with van der Waals surface area (Å²) in [7, 11) is 0. The monoisotopic (exact) mass is 252 g/mol. The molecule has 0 aliphatic heterocycles. The molecule has 0 aliphatic rings. The van der Waals surface area contributed by atoms with Gasteiger partial charge in [0.25, 0.3) is 0 Å². The minimum atomic E-state index is -0.671. The summed E-state index contributed by atoms with van der Waals surface area (Å²) in [5.74, 6) is -1.34. The van der Waals surface area contributed by atoms with Crippen LogP contribution in [-0.2, 0) is 6.54 Å². The zero-order valence-electron chi connectivity index (χ0n) is 9.74. The molecule has 4 nitrogen and oxygen atoms in total. The highest BCUT2D eigenvalue weighted by Crippen LogP contribution is 2.21. The van der Waals surface area contributed by atoms with Gasteiger partial charge in [0.15, 0.2) is 11.6 Å². The Balaban J connectivity index is 1.87. The van der Waals surface area contributed by atoms with Gasteiger partial charge in [0, 0.05) is 31.2 Å². The van der Waals surface area contributed by atoms with Crippen molar-refractivity contribution in [2.75, 3.05) is 17.6 Å². The van der Waals surface area contributed by atoms with E-state index in [4.69, 9.17) is 5.73 Å².